The van der Waals surface area contributed by atoms with Gasteiger partial charge in [0.15, 0.2) is 0 Å². The molecule has 1 aliphatic heterocycles. The average Bonchev–Trinajstić information content (AvgIpc) is 3.29. The molecule has 2 heterocycles. The first-order valence-corrected chi connectivity index (χ1v) is 11.0. The topological polar surface area (TPSA) is 88.3 Å². The van der Waals surface area contributed by atoms with Gasteiger partial charge in [-0.1, -0.05) is 41.9 Å². The molecule has 166 valence electrons. The zero-order valence-electron chi connectivity index (χ0n) is 18.7. The molecular formula is C25H28N4O3. The third-order valence-electron chi connectivity index (χ3n) is 5.84. The SMILES string of the molecule is CCC(=O)Nc1cccc(-c2noc([C@H]3CCCN(C(=O)c4ccc(C)cc4C)C3)n2)c1. The smallest absolute Gasteiger partial charge is 0.254 e. The summed E-state index contributed by atoms with van der Waals surface area (Å²) in [5.74, 6) is 1.02. The van der Waals surface area contributed by atoms with Gasteiger partial charge in [-0.15, -0.1) is 0 Å². The summed E-state index contributed by atoms with van der Waals surface area (Å²) in [4.78, 5) is 31.3. The highest BCUT2D eigenvalue weighted by atomic mass is 16.5. The molecule has 1 fully saturated rings. The Labute approximate surface area is 187 Å². The molecule has 1 aromatic heterocycles. The van der Waals surface area contributed by atoms with Gasteiger partial charge in [-0.05, 0) is 50.5 Å². The van der Waals surface area contributed by atoms with Crippen LogP contribution in [0.25, 0.3) is 11.4 Å². The number of aryl methyl sites for hydroxylation is 2. The first-order chi connectivity index (χ1) is 15.4. The maximum absolute atomic E-state index is 13.1. The van der Waals surface area contributed by atoms with Gasteiger partial charge in [0, 0.05) is 36.3 Å². The van der Waals surface area contributed by atoms with Gasteiger partial charge in [0.25, 0.3) is 5.91 Å². The van der Waals surface area contributed by atoms with Crippen LogP contribution in [-0.2, 0) is 4.79 Å². The number of hydrogen-bond acceptors (Lipinski definition) is 5. The number of nitrogens with zero attached hydrogens (tertiary/aromatic N) is 3. The van der Waals surface area contributed by atoms with Crippen molar-refractivity contribution in [3.05, 3.63) is 65.0 Å². The van der Waals surface area contributed by atoms with E-state index in [0.29, 0.717) is 30.4 Å². The van der Waals surface area contributed by atoms with E-state index in [-0.39, 0.29) is 17.7 Å². The predicted octanol–water partition coefficient (Wildman–Crippen LogP) is 4.72. The predicted molar refractivity (Wildman–Crippen MR) is 122 cm³/mol. The summed E-state index contributed by atoms with van der Waals surface area (Å²) in [5.41, 5.74) is 4.35. The average molecular weight is 433 g/mol. The molecule has 3 aromatic rings. The van der Waals surface area contributed by atoms with Crippen molar-refractivity contribution in [2.75, 3.05) is 18.4 Å². The van der Waals surface area contributed by atoms with Gasteiger partial charge in [-0.25, -0.2) is 0 Å². The molecule has 0 saturated carbocycles. The Bertz CT molecular complexity index is 1140. The lowest BCUT2D eigenvalue weighted by molar-refractivity contribution is -0.115. The monoisotopic (exact) mass is 432 g/mol. The molecule has 0 spiro atoms. The number of likely N-dealkylation sites (tertiary alicyclic amines) is 1. The highest BCUT2D eigenvalue weighted by Gasteiger charge is 2.29. The van der Waals surface area contributed by atoms with Crippen LogP contribution in [0.15, 0.2) is 47.0 Å². The molecule has 1 aliphatic rings. The summed E-state index contributed by atoms with van der Waals surface area (Å²) in [6, 6.07) is 13.3. The van der Waals surface area contributed by atoms with Crippen molar-refractivity contribution in [2.24, 2.45) is 0 Å². The Morgan fingerprint density at radius 1 is 1.19 bits per heavy atom. The molecule has 4 rings (SSSR count). The van der Waals surface area contributed by atoms with Gasteiger partial charge in [-0.2, -0.15) is 4.98 Å². The molecule has 0 unspecified atom stereocenters. The third kappa shape index (κ3) is 4.72. The lowest BCUT2D eigenvalue weighted by Gasteiger charge is -2.31. The van der Waals surface area contributed by atoms with Gasteiger partial charge < -0.3 is 14.7 Å². The zero-order valence-corrected chi connectivity index (χ0v) is 18.7. The number of carbonyl (C=O) groups excluding carboxylic acids is 2. The number of piperidine rings is 1. The molecule has 0 radical (unpaired) electrons. The summed E-state index contributed by atoms with van der Waals surface area (Å²) in [6.07, 6.45) is 2.19. The normalized spacial score (nSPS) is 16.1. The minimum absolute atomic E-state index is 0.00248. The Morgan fingerprint density at radius 2 is 2.03 bits per heavy atom. The zero-order chi connectivity index (χ0) is 22.7. The van der Waals surface area contributed by atoms with E-state index in [0.717, 1.165) is 41.6 Å². The van der Waals surface area contributed by atoms with Gasteiger partial charge in [0.05, 0.1) is 5.92 Å². The van der Waals surface area contributed by atoms with Gasteiger partial charge in [0.1, 0.15) is 0 Å². The minimum atomic E-state index is -0.0493. The van der Waals surface area contributed by atoms with Crippen LogP contribution in [0.3, 0.4) is 0 Å². The summed E-state index contributed by atoms with van der Waals surface area (Å²) in [6.45, 7) is 7.09. The standard InChI is InChI=1S/C25H28N4O3/c1-4-22(30)26-20-9-5-7-18(14-20)23-27-24(32-28-23)19-8-6-12-29(15-19)25(31)21-11-10-16(2)13-17(21)3/h5,7,9-11,13-14,19H,4,6,8,12,15H2,1-3H3,(H,26,30)/t19-/m0/s1. The summed E-state index contributed by atoms with van der Waals surface area (Å²) in [5, 5.41) is 7.00. The Morgan fingerprint density at radius 3 is 2.81 bits per heavy atom. The van der Waals surface area contributed by atoms with Gasteiger partial charge in [-0.3, -0.25) is 9.59 Å². The van der Waals surface area contributed by atoms with Crippen molar-refractivity contribution in [1.82, 2.24) is 15.0 Å². The van der Waals surface area contributed by atoms with Crippen molar-refractivity contribution in [2.45, 2.75) is 46.0 Å². The maximum Gasteiger partial charge on any atom is 0.254 e. The maximum atomic E-state index is 13.1. The molecule has 7 nitrogen and oxygen atoms in total. The second-order valence-corrected chi connectivity index (χ2v) is 8.35. The first-order valence-electron chi connectivity index (χ1n) is 11.0. The van der Waals surface area contributed by atoms with Crippen molar-refractivity contribution < 1.29 is 14.1 Å². The van der Waals surface area contributed by atoms with E-state index in [9.17, 15) is 9.59 Å². The second-order valence-electron chi connectivity index (χ2n) is 8.35. The number of hydrogen-bond donors (Lipinski definition) is 1. The number of amides is 2. The van der Waals surface area contributed by atoms with Crippen LogP contribution in [0.5, 0.6) is 0 Å². The third-order valence-corrected chi connectivity index (χ3v) is 5.84. The van der Waals surface area contributed by atoms with E-state index < -0.39 is 0 Å². The van der Waals surface area contributed by atoms with E-state index in [4.69, 9.17) is 4.52 Å². The van der Waals surface area contributed by atoms with Crippen molar-refractivity contribution in [1.29, 1.82) is 0 Å². The van der Waals surface area contributed by atoms with E-state index in [1.165, 1.54) is 0 Å². The Balaban J connectivity index is 1.49. The molecule has 1 atom stereocenters. The van der Waals surface area contributed by atoms with Crippen LogP contribution in [0, 0.1) is 13.8 Å². The molecule has 1 N–H and O–H groups in total. The number of anilines is 1. The van der Waals surface area contributed by atoms with E-state index in [1.807, 2.05) is 68.1 Å². The highest BCUT2D eigenvalue weighted by Crippen LogP contribution is 2.29. The van der Waals surface area contributed by atoms with Gasteiger partial charge >= 0.3 is 0 Å². The van der Waals surface area contributed by atoms with Crippen LogP contribution in [-0.4, -0.2) is 39.9 Å². The number of aromatic nitrogens is 2. The van der Waals surface area contributed by atoms with Crippen molar-refractivity contribution >= 4 is 17.5 Å². The molecule has 2 amide bonds. The number of rotatable bonds is 5. The van der Waals surface area contributed by atoms with Crippen LogP contribution in [0.2, 0.25) is 0 Å². The second kappa shape index (κ2) is 9.34. The minimum Gasteiger partial charge on any atom is -0.339 e. The number of carbonyl (C=O) groups is 2. The van der Waals surface area contributed by atoms with Crippen LogP contribution in [0.4, 0.5) is 5.69 Å². The van der Waals surface area contributed by atoms with Crippen LogP contribution in [0.1, 0.15) is 59.5 Å². The lowest BCUT2D eigenvalue weighted by Crippen LogP contribution is -2.39. The van der Waals surface area contributed by atoms with Crippen LogP contribution >= 0.6 is 0 Å². The van der Waals surface area contributed by atoms with Crippen molar-refractivity contribution in [3.8, 4) is 11.4 Å². The Kier molecular flexibility index (Phi) is 6.35. The molecule has 1 saturated heterocycles. The Hall–Kier alpha value is -3.48. The van der Waals surface area contributed by atoms with Crippen molar-refractivity contribution in [3.63, 3.8) is 0 Å². The molecular weight excluding hydrogens is 404 g/mol. The molecule has 7 heteroatoms. The number of benzene rings is 2. The quantitative estimate of drug-likeness (QED) is 0.630. The lowest BCUT2D eigenvalue weighted by atomic mass is 9.96. The fourth-order valence-corrected chi connectivity index (χ4v) is 4.09. The van der Waals surface area contributed by atoms with E-state index >= 15 is 0 Å². The first kappa shape index (κ1) is 21.7. The molecule has 2 aromatic carbocycles. The van der Waals surface area contributed by atoms with Crippen LogP contribution < -0.4 is 5.32 Å². The molecule has 32 heavy (non-hydrogen) atoms. The highest BCUT2D eigenvalue weighted by molar-refractivity contribution is 5.95. The van der Waals surface area contributed by atoms with E-state index in [2.05, 4.69) is 15.5 Å². The fraction of sp³-hybridized carbons (Fsp3) is 0.360. The van der Waals surface area contributed by atoms with E-state index in [1.54, 1.807) is 0 Å². The molecule has 0 bridgehead atoms. The summed E-state index contributed by atoms with van der Waals surface area (Å²) in [7, 11) is 0. The fourth-order valence-electron chi connectivity index (χ4n) is 4.09. The van der Waals surface area contributed by atoms with Gasteiger partial charge in [0.2, 0.25) is 17.6 Å². The summed E-state index contributed by atoms with van der Waals surface area (Å²) < 4.78 is 5.59. The largest absolute Gasteiger partial charge is 0.339 e. The summed E-state index contributed by atoms with van der Waals surface area (Å²) >= 11 is 0. The molecule has 0 aliphatic carbocycles. The number of nitrogens with one attached hydrogen (secondary N) is 1.